The number of anilines is 1. The predicted molar refractivity (Wildman–Crippen MR) is 101 cm³/mol. The van der Waals surface area contributed by atoms with Gasteiger partial charge in [-0.3, -0.25) is 0 Å². The molecule has 0 spiro atoms. The van der Waals surface area contributed by atoms with Crippen LogP contribution in [0.3, 0.4) is 0 Å². The van der Waals surface area contributed by atoms with Crippen molar-refractivity contribution in [3.05, 3.63) is 64.9 Å². The number of halogens is 1. The van der Waals surface area contributed by atoms with Gasteiger partial charge in [-0.2, -0.15) is 4.98 Å². The van der Waals surface area contributed by atoms with Crippen LogP contribution in [0.25, 0.3) is 11.5 Å². The summed E-state index contributed by atoms with van der Waals surface area (Å²) in [5, 5.41) is 7.40. The largest absolute Gasteiger partial charge is 0.334 e. The molecule has 1 N–H and O–H groups in total. The molecule has 0 fully saturated rings. The number of aromatic nitrogens is 2. The quantitative estimate of drug-likeness (QED) is 0.722. The minimum absolute atomic E-state index is 0.186. The second kappa shape index (κ2) is 8.01. The highest BCUT2D eigenvalue weighted by atomic mass is 35.5. The summed E-state index contributed by atoms with van der Waals surface area (Å²) in [5.41, 5.74) is 2.50. The average Bonchev–Trinajstić information content (AvgIpc) is 3.10. The lowest BCUT2D eigenvalue weighted by Crippen LogP contribution is -2.33. The number of benzene rings is 2. The van der Waals surface area contributed by atoms with E-state index in [1.807, 2.05) is 49.4 Å². The molecule has 26 heavy (non-hydrogen) atoms. The fourth-order valence-corrected chi connectivity index (χ4v) is 2.61. The molecule has 2 aromatic carbocycles. The molecular weight excluding hydrogens is 352 g/mol. The molecule has 0 saturated heterocycles. The Morgan fingerprint density at radius 1 is 1.19 bits per heavy atom. The van der Waals surface area contributed by atoms with E-state index in [1.54, 1.807) is 18.0 Å². The van der Waals surface area contributed by atoms with Crippen LogP contribution in [0.15, 0.2) is 53.1 Å². The van der Waals surface area contributed by atoms with Gasteiger partial charge in [0.15, 0.2) is 5.82 Å². The maximum Gasteiger partial charge on any atom is 0.321 e. The molecule has 3 rings (SSSR count). The lowest BCUT2D eigenvalue weighted by atomic mass is 10.2. The Kier molecular flexibility index (Phi) is 5.53. The smallest absolute Gasteiger partial charge is 0.321 e. The van der Waals surface area contributed by atoms with Crippen LogP contribution in [0.5, 0.6) is 0 Å². The molecule has 1 heterocycles. The van der Waals surface area contributed by atoms with Crippen molar-refractivity contribution in [3.63, 3.8) is 0 Å². The van der Waals surface area contributed by atoms with E-state index in [9.17, 15) is 4.79 Å². The summed E-state index contributed by atoms with van der Waals surface area (Å²) in [6.07, 6.45) is 0.478. The molecule has 2 amide bonds. The van der Waals surface area contributed by atoms with Crippen LogP contribution in [0.2, 0.25) is 5.02 Å². The first-order valence-electron chi connectivity index (χ1n) is 8.20. The Hall–Kier alpha value is -2.86. The minimum atomic E-state index is -0.186. The van der Waals surface area contributed by atoms with Gasteiger partial charge in [-0.1, -0.05) is 47.1 Å². The van der Waals surface area contributed by atoms with Crippen LogP contribution >= 0.6 is 11.6 Å². The molecule has 0 aliphatic heterocycles. The van der Waals surface area contributed by atoms with Crippen LogP contribution in [-0.4, -0.2) is 34.7 Å². The van der Waals surface area contributed by atoms with Crippen molar-refractivity contribution in [3.8, 4) is 11.5 Å². The standard InChI is InChI=1S/C19H19ClN4O2/c1-13-7-3-6-10-16(13)21-19(25)24(2)12-11-17-22-18(26-23-17)14-8-4-5-9-15(14)20/h3-10H,11-12H2,1-2H3,(H,21,25). The van der Waals surface area contributed by atoms with Gasteiger partial charge < -0.3 is 14.7 Å². The maximum atomic E-state index is 12.3. The molecule has 7 heteroatoms. The number of hydrogen-bond donors (Lipinski definition) is 1. The zero-order valence-corrected chi connectivity index (χ0v) is 15.3. The number of carbonyl (C=O) groups excluding carboxylic acids is 1. The molecule has 0 radical (unpaired) electrons. The van der Waals surface area contributed by atoms with Gasteiger partial charge in [0.1, 0.15) is 0 Å². The first-order chi connectivity index (χ1) is 12.5. The van der Waals surface area contributed by atoms with Crippen LogP contribution in [0.4, 0.5) is 10.5 Å². The number of carbonyl (C=O) groups is 1. The average molecular weight is 371 g/mol. The Morgan fingerprint density at radius 2 is 1.92 bits per heavy atom. The van der Waals surface area contributed by atoms with Gasteiger partial charge >= 0.3 is 6.03 Å². The van der Waals surface area contributed by atoms with Gasteiger partial charge in [0.2, 0.25) is 0 Å². The second-order valence-corrected chi connectivity index (χ2v) is 6.32. The third kappa shape index (κ3) is 4.21. The number of hydrogen-bond acceptors (Lipinski definition) is 4. The van der Waals surface area contributed by atoms with Crippen molar-refractivity contribution in [1.29, 1.82) is 0 Å². The van der Waals surface area contributed by atoms with Crippen molar-refractivity contribution >= 4 is 23.3 Å². The summed E-state index contributed by atoms with van der Waals surface area (Å²) in [4.78, 5) is 18.2. The van der Waals surface area contributed by atoms with Gasteiger partial charge in [0.25, 0.3) is 5.89 Å². The molecule has 134 valence electrons. The van der Waals surface area contributed by atoms with Gasteiger partial charge in [0, 0.05) is 25.7 Å². The lowest BCUT2D eigenvalue weighted by Gasteiger charge is -2.18. The Balaban J connectivity index is 1.58. The van der Waals surface area contributed by atoms with Crippen molar-refractivity contribution < 1.29 is 9.32 Å². The molecular formula is C19H19ClN4O2. The van der Waals surface area contributed by atoms with Crippen LogP contribution in [-0.2, 0) is 6.42 Å². The van der Waals surface area contributed by atoms with Crippen molar-refractivity contribution in [2.45, 2.75) is 13.3 Å². The number of aryl methyl sites for hydroxylation is 1. The van der Waals surface area contributed by atoms with Crippen molar-refractivity contribution in [2.75, 3.05) is 18.9 Å². The molecule has 0 unspecified atom stereocenters. The van der Waals surface area contributed by atoms with Crippen molar-refractivity contribution in [1.82, 2.24) is 15.0 Å². The molecule has 1 aromatic heterocycles. The van der Waals surface area contributed by atoms with E-state index < -0.39 is 0 Å². The molecule has 3 aromatic rings. The molecule has 0 aliphatic rings. The normalized spacial score (nSPS) is 10.6. The van der Waals surface area contributed by atoms with Crippen molar-refractivity contribution in [2.24, 2.45) is 0 Å². The van der Waals surface area contributed by atoms with Gasteiger partial charge in [-0.15, -0.1) is 0 Å². The van der Waals surface area contributed by atoms with Crippen LogP contribution in [0.1, 0.15) is 11.4 Å². The van der Waals surface area contributed by atoms with E-state index in [0.717, 1.165) is 11.3 Å². The zero-order valence-electron chi connectivity index (χ0n) is 14.6. The molecule has 0 bridgehead atoms. The third-order valence-corrected chi connectivity index (χ3v) is 4.31. The lowest BCUT2D eigenvalue weighted by molar-refractivity contribution is 0.222. The Labute approximate surface area is 156 Å². The molecule has 0 saturated carbocycles. The van der Waals surface area contributed by atoms with Crippen LogP contribution in [0, 0.1) is 6.92 Å². The third-order valence-electron chi connectivity index (χ3n) is 3.98. The number of nitrogens with zero attached hydrogens (tertiary/aromatic N) is 3. The zero-order chi connectivity index (χ0) is 18.5. The fraction of sp³-hybridized carbons (Fsp3) is 0.211. The number of nitrogens with one attached hydrogen (secondary N) is 1. The fourth-order valence-electron chi connectivity index (χ4n) is 2.39. The Morgan fingerprint density at radius 3 is 2.69 bits per heavy atom. The highest BCUT2D eigenvalue weighted by Gasteiger charge is 2.14. The second-order valence-electron chi connectivity index (χ2n) is 5.91. The predicted octanol–water partition coefficient (Wildman–Crippen LogP) is 4.40. The summed E-state index contributed by atoms with van der Waals surface area (Å²) >= 11 is 6.14. The summed E-state index contributed by atoms with van der Waals surface area (Å²) in [7, 11) is 1.72. The van der Waals surface area contributed by atoms with E-state index in [4.69, 9.17) is 16.1 Å². The maximum absolute atomic E-state index is 12.3. The van der Waals surface area contributed by atoms with Gasteiger partial charge in [0.05, 0.1) is 10.6 Å². The summed E-state index contributed by atoms with van der Waals surface area (Å²) in [6.45, 7) is 2.41. The summed E-state index contributed by atoms with van der Waals surface area (Å²) < 4.78 is 5.27. The van der Waals surface area contributed by atoms with E-state index in [2.05, 4.69) is 15.5 Å². The van der Waals surface area contributed by atoms with E-state index >= 15 is 0 Å². The van der Waals surface area contributed by atoms with Gasteiger partial charge in [-0.25, -0.2) is 4.79 Å². The number of para-hydroxylation sites is 1. The topological polar surface area (TPSA) is 71.3 Å². The highest BCUT2D eigenvalue weighted by molar-refractivity contribution is 6.33. The van der Waals surface area contributed by atoms with Crippen LogP contribution < -0.4 is 5.32 Å². The molecule has 6 nitrogen and oxygen atoms in total. The summed E-state index contributed by atoms with van der Waals surface area (Å²) in [6, 6.07) is 14.7. The first-order valence-corrected chi connectivity index (χ1v) is 8.57. The first kappa shape index (κ1) is 17.9. The summed E-state index contributed by atoms with van der Waals surface area (Å²) in [5.74, 6) is 0.896. The monoisotopic (exact) mass is 370 g/mol. The van der Waals surface area contributed by atoms with E-state index in [1.165, 1.54) is 0 Å². The number of urea groups is 1. The molecule has 0 atom stereocenters. The van der Waals surface area contributed by atoms with E-state index in [-0.39, 0.29) is 6.03 Å². The number of rotatable bonds is 5. The van der Waals surface area contributed by atoms with E-state index in [0.29, 0.717) is 35.3 Å². The number of amides is 2. The highest BCUT2D eigenvalue weighted by Crippen LogP contribution is 2.25. The molecule has 0 aliphatic carbocycles. The minimum Gasteiger partial charge on any atom is -0.334 e. The Bertz CT molecular complexity index is 910. The number of likely N-dealkylation sites (N-methyl/N-ethyl adjacent to an activating group) is 1. The van der Waals surface area contributed by atoms with Gasteiger partial charge in [-0.05, 0) is 30.7 Å². The SMILES string of the molecule is Cc1ccccc1NC(=O)N(C)CCc1noc(-c2ccccc2Cl)n1.